The summed E-state index contributed by atoms with van der Waals surface area (Å²) in [4.78, 5) is 11.5. The second-order valence-electron chi connectivity index (χ2n) is 3.66. The Morgan fingerprint density at radius 1 is 1.62 bits per heavy atom. The number of methoxy groups -OCH3 is 1. The fourth-order valence-electron chi connectivity index (χ4n) is 1.22. The van der Waals surface area contributed by atoms with Crippen LogP contribution in [0.2, 0.25) is 0 Å². The summed E-state index contributed by atoms with van der Waals surface area (Å²) in [6.07, 6.45) is 1.55. The van der Waals surface area contributed by atoms with E-state index in [0.717, 1.165) is 12.8 Å². The van der Waals surface area contributed by atoms with Crippen molar-refractivity contribution in [3.8, 4) is 0 Å². The van der Waals surface area contributed by atoms with Gasteiger partial charge in [-0.1, -0.05) is 0 Å². The number of esters is 1. The van der Waals surface area contributed by atoms with E-state index in [4.69, 9.17) is 15.2 Å². The maximum absolute atomic E-state index is 11.5. The van der Waals surface area contributed by atoms with Crippen LogP contribution in [0.1, 0.15) is 19.8 Å². The largest absolute Gasteiger partial charge is 0.460 e. The van der Waals surface area contributed by atoms with Crippen LogP contribution in [0.15, 0.2) is 0 Å². The van der Waals surface area contributed by atoms with Gasteiger partial charge in [0, 0.05) is 13.7 Å². The summed E-state index contributed by atoms with van der Waals surface area (Å²) in [6, 6.07) is 0. The number of rotatable bonds is 5. The van der Waals surface area contributed by atoms with Gasteiger partial charge in [-0.3, -0.25) is 4.79 Å². The van der Waals surface area contributed by atoms with Gasteiger partial charge >= 0.3 is 5.97 Å². The van der Waals surface area contributed by atoms with Crippen LogP contribution in [-0.2, 0) is 14.3 Å². The van der Waals surface area contributed by atoms with Crippen LogP contribution in [0.25, 0.3) is 0 Å². The Balaban J connectivity index is 2.32. The lowest BCUT2D eigenvalue weighted by atomic mass is 10.1. The van der Waals surface area contributed by atoms with E-state index in [1.54, 1.807) is 7.11 Å². The molecule has 76 valence electrons. The molecule has 0 amide bonds. The summed E-state index contributed by atoms with van der Waals surface area (Å²) in [5, 5.41) is 0. The number of carbonyl (C=O) groups is 1. The molecule has 0 spiro atoms. The predicted molar refractivity (Wildman–Crippen MR) is 48.2 cm³/mol. The minimum Gasteiger partial charge on any atom is -0.460 e. The molecule has 1 atom stereocenters. The minimum absolute atomic E-state index is 0.167. The molecule has 0 saturated heterocycles. The molecule has 0 radical (unpaired) electrons. The van der Waals surface area contributed by atoms with Crippen LogP contribution < -0.4 is 5.73 Å². The highest BCUT2D eigenvalue weighted by Crippen LogP contribution is 2.45. The van der Waals surface area contributed by atoms with Gasteiger partial charge in [0.25, 0.3) is 0 Å². The maximum atomic E-state index is 11.5. The number of carbonyl (C=O) groups excluding carboxylic acids is 1. The molecular formula is C9H17NO3. The van der Waals surface area contributed by atoms with E-state index in [1.165, 1.54) is 0 Å². The van der Waals surface area contributed by atoms with Crippen LogP contribution in [0.4, 0.5) is 0 Å². The lowest BCUT2D eigenvalue weighted by Gasteiger charge is -2.16. The molecule has 2 N–H and O–H groups in total. The molecule has 0 aromatic carbocycles. The maximum Gasteiger partial charge on any atom is 0.313 e. The van der Waals surface area contributed by atoms with Gasteiger partial charge in [0.05, 0.1) is 12.0 Å². The van der Waals surface area contributed by atoms with Gasteiger partial charge in [-0.2, -0.15) is 0 Å². The van der Waals surface area contributed by atoms with Crippen molar-refractivity contribution in [1.82, 2.24) is 0 Å². The van der Waals surface area contributed by atoms with Crippen molar-refractivity contribution < 1.29 is 14.3 Å². The van der Waals surface area contributed by atoms with Gasteiger partial charge in [-0.05, 0) is 19.8 Å². The van der Waals surface area contributed by atoms with Gasteiger partial charge in [0.1, 0.15) is 6.10 Å². The molecule has 0 heterocycles. The van der Waals surface area contributed by atoms with Gasteiger partial charge in [-0.25, -0.2) is 0 Å². The molecule has 0 aliphatic heterocycles. The first-order valence-corrected chi connectivity index (χ1v) is 4.55. The molecule has 1 unspecified atom stereocenters. The summed E-state index contributed by atoms with van der Waals surface area (Å²) in [5.74, 6) is -0.167. The summed E-state index contributed by atoms with van der Waals surface area (Å²) in [7, 11) is 1.58. The zero-order valence-electron chi connectivity index (χ0n) is 8.21. The third-order valence-electron chi connectivity index (χ3n) is 2.39. The van der Waals surface area contributed by atoms with E-state index in [2.05, 4.69) is 0 Å². The van der Waals surface area contributed by atoms with Crippen molar-refractivity contribution in [3.63, 3.8) is 0 Å². The first kappa shape index (κ1) is 10.5. The minimum atomic E-state index is -0.359. The molecule has 0 bridgehead atoms. The second kappa shape index (κ2) is 4.07. The number of nitrogens with two attached hydrogens (primary N) is 1. The lowest BCUT2D eigenvalue weighted by Crippen LogP contribution is -2.31. The van der Waals surface area contributed by atoms with Gasteiger partial charge < -0.3 is 15.2 Å². The summed E-state index contributed by atoms with van der Waals surface area (Å²) >= 11 is 0. The van der Waals surface area contributed by atoms with Crippen molar-refractivity contribution in [1.29, 1.82) is 0 Å². The van der Waals surface area contributed by atoms with Crippen LogP contribution in [0.3, 0.4) is 0 Å². The number of hydrogen-bond acceptors (Lipinski definition) is 4. The van der Waals surface area contributed by atoms with Gasteiger partial charge in [0.15, 0.2) is 0 Å². The lowest BCUT2D eigenvalue weighted by molar-refractivity contribution is -0.156. The number of ether oxygens (including phenoxy) is 2. The second-order valence-corrected chi connectivity index (χ2v) is 3.66. The first-order chi connectivity index (χ1) is 6.14. The molecular weight excluding hydrogens is 170 g/mol. The van der Waals surface area contributed by atoms with Crippen molar-refractivity contribution >= 4 is 5.97 Å². The van der Waals surface area contributed by atoms with Gasteiger partial charge in [0.2, 0.25) is 0 Å². The zero-order valence-corrected chi connectivity index (χ0v) is 8.21. The van der Waals surface area contributed by atoms with Crippen LogP contribution >= 0.6 is 0 Å². The van der Waals surface area contributed by atoms with E-state index in [0.29, 0.717) is 13.2 Å². The Morgan fingerprint density at radius 3 is 2.62 bits per heavy atom. The Labute approximate surface area is 78.4 Å². The van der Waals surface area contributed by atoms with Crippen LogP contribution in [-0.4, -0.2) is 32.3 Å². The van der Waals surface area contributed by atoms with Crippen molar-refractivity contribution in [2.75, 3.05) is 20.3 Å². The van der Waals surface area contributed by atoms with Crippen molar-refractivity contribution in [3.05, 3.63) is 0 Å². The highest BCUT2D eigenvalue weighted by molar-refractivity contribution is 5.80. The molecule has 0 aromatic heterocycles. The fourth-order valence-corrected chi connectivity index (χ4v) is 1.22. The molecule has 0 aromatic rings. The average molecular weight is 187 g/mol. The predicted octanol–water partition coefficient (Wildman–Crippen LogP) is 0.303. The fraction of sp³-hybridized carbons (Fsp3) is 0.889. The normalized spacial score (nSPS) is 20.8. The molecule has 4 heteroatoms. The molecule has 1 aliphatic carbocycles. The monoisotopic (exact) mass is 187 g/mol. The third-order valence-corrected chi connectivity index (χ3v) is 2.39. The zero-order chi connectivity index (χ0) is 9.90. The molecule has 13 heavy (non-hydrogen) atoms. The van der Waals surface area contributed by atoms with Crippen molar-refractivity contribution in [2.24, 2.45) is 11.1 Å². The Hall–Kier alpha value is -0.610. The molecule has 1 aliphatic rings. The number of hydrogen-bond donors (Lipinski definition) is 1. The Morgan fingerprint density at radius 2 is 2.23 bits per heavy atom. The standard InChI is InChI=1S/C9H17NO3/c1-7(5-12-2)13-8(11)9(6-10)3-4-9/h7H,3-6,10H2,1-2H3. The Kier molecular flexibility index (Phi) is 3.27. The van der Waals surface area contributed by atoms with E-state index in [9.17, 15) is 4.79 Å². The van der Waals surface area contributed by atoms with Crippen molar-refractivity contribution in [2.45, 2.75) is 25.9 Å². The van der Waals surface area contributed by atoms with E-state index >= 15 is 0 Å². The van der Waals surface area contributed by atoms with Gasteiger partial charge in [-0.15, -0.1) is 0 Å². The first-order valence-electron chi connectivity index (χ1n) is 4.55. The Bertz CT molecular complexity index is 189. The van der Waals surface area contributed by atoms with E-state index in [1.807, 2.05) is 6.92 Å². The summed E-state index contributed by atoms with van der Waals surface area (Å²) in [5.41, 5.74) is 5.13. The molecule has 1 rings (SSSR count). The highest BCUT2D eigenvalue weighted by Gasteiger charge is 2.50. The quantitative estimate of drug-likeness (QED) is 0.629. The summed E-state index contributed by atoms with van der Waals surface area (Å²) < 4.78 is 10.0. The molecule has 4 nitrogen and oxygen atoms in total. The third kappa shape index (κ3) is 2.42. The highest BCUT2D eigenvalue weighted by atomic mass is 16.6. The average Bonchev–Trinajstić information content (AvgIpc) is 2.84. The van der Waals surface area contributed by atoms with Crippen LogP contribution in [0, 0.1) is 5.41 Å². The summed E-state index contributed by atoms with van der Waals surface area (Å²) in [6.45, 7) is 2.64. The molecule has 1 saturated carbocycles. The van der Waals surface area contributed by atoms with E-state index in [-0.39, 0.29) is 17.5 Å². The van der Waals surface area contributed by atoms with Crippen LogP contribution in [0.5, 0.6) is 0 Å². The molecule has 1 fully saturated rings. The smallest absolute Gasteiger partial charge is 0.313 e. The topological polar surface area (TPSA) is 61.5 Å². The SMILES string of the molecule is COCC(C)OC(=O)C1(CN)CC1. The van der Waals surface area contributed by atoms with E-state index < -0.39 is 0 Å².